The second kappa shape index (κ2) is 5.40. The summed E-state index contributed by atoms with van der Waals surface area (Å²) < 4.78 is 5.26. The lowest BCUT2D eigenvalue weighted by molar-refractivity contribution is 0.0251. The average Bonchev–Trinajstić information content (AvgIpc) is 2.37. The zero-order chi connectivity index (χ0) is 13.1. The first kappa shape index (κ1) is 13.8. The number of nitrogens with zero attached hydrogens (tertiary/aromatic N) is 1. The van der Waals surface area contributed by atoms with Crippen LogP contribution >= 0.6 is 0 Å². The van der Waals surface area contributed by atoms with Crippen molar-refractivity contribution >= 4 is 6.09 Å². The van der Waals surface area contributed by atoms with Gasteiger partial charge in [-0.05, 0) is 39.2 Å². The summed E-state index contributed by atoms with van der Waals surface area (Å²) in [5.74, 6) is 0. The Bertz CT molecular complexity index is 306. The average molecular weight is 243 g/mol. The van der Waals surface area contributed by atoms with Crippen LogP contribution in [0.3, 0.4) is 0 Å². The first-order valence-corrected chi connectivity index (χ1v) is 5.82. The topological polar surface area (TPSA) is 70.0 Å². The summed E-state index contributed by atoms with van der Waals surface area (Å²) in [5.41, 5.74) is 0.0496. The first-order chi connectivity index (χ1) is 7.83. The fourth-order valence-electron chi connectivity index (χ4n) is 1.67. The molecule has 1 amide bonds. The summed E-state index contributed by atoms with van der Waals surface area (Å²) in [6, 6.07) is 0. The van der Waals surface area contributed by atoms with Crippen molar-refractivity contribution in [3.05, 3.63) is 11.8 Å². The van der Waals surface area contributed by atoms with Crippen molar-refractivity contribution < 1.29 is 19.7 Å². The van der Waals surface area contributed by atoms with Crippen LogP contribution in [0.4, 0.5) is 4.79 Å². The van der Waals surface area contributed by atoms with Gasteiger partial charge in [-0.2, -0.15) is 0 Å². The van der Waals surface area contributed by atoms with Gasteiger partial charge in [-0.25, -0.2) is 4.79 Å². The minimum atomic E-state index is -0.674. The van der Waals surface area contributed by atoms with Crippen LogP contribution in [0.2, 0.25) is 0 Å². The minimum absolute atomic E-state index is 0.371. The smallest absolute Gasteiger partial charge is 0.410 e. The summed E-state index contributed by atoms with van der Waals surface area (Å²) >= 11 is 0. The summed E-state index contributed by atoms with van der Waals surface area (Å²) in [4.78, 5) is 13.4. The molecule has 0 saturated carbocycles. The molecule has 1 aliphatic heterocycles. The molecule has 0 aromatic rings. The molecule has 1 aliphatic rings. The molecule has 1 atom stereocenters. The van der Waals surface area contributed by atoms with Gasteiger partial charge in [0, 0.05) is 13.1 Å². The highest BCUT2D eigenvalue weighted by Gasteiger charge is 2.26. The SMILES string of the molecule is CC(C)(C)OC(=O)N1CC/C(=C\O)[C@@H](O)CC1. The number of aliphatic hydroxyl groups excluding tert-OH is 2. The van der Waals surface area contributed by atoms with E-state index in [4.69, 9.17) is 9.84 Å². The van der Waals surface area contributed by atoms with E-state index >= 15 is 0 Å². The molecule has 5 heteroatoms. The summed E-state index contributed by atoms with van der Waals surface area (Å²) in [6.45, 7) is 6.34. The summed E-state index contributed by atoms with van der Waals surface area (Å²) in [6.07, 6.45) is 0.780. The van der Waals surface area contributed by atoms with Crippen LogP contribution < -0.4 is 0 Å². The molecule has 1 saturated heterocycles. The molecule has 98 valence electrons. The molecule has 1 rings (SSSR count). The molecule has 2 N–H and O–H groups in total. The fourth-order valence-corrected chi connectivity index (χ4v) is 1.67. The largest absolute Gasteiger partial charge is 0.516 e. The molecule has 0 aromatic heterocycles. The summed E-state index contributed by atoms with van der Waals surface area (Å²) in [7, 11) is 0. The lowest BCUT2D eigenvalue weighted by Gasteiger charge is -2.26. The Morgan fingerprint density at radius 3 is 2.65 bits per heavy atom. The number of hydrogen-bond donors (Lipinski definition) is 2. The molecule has 0 spiro atoms. The van der Waals surface area contributed by atoms with Crippen LogP contribution in [-0.2, 0) is 4.74 Å². The second-order valence-electron chi connectivity index (χ2n) is 5.23. The number of carbonyl (C=O) groups is 1. The Hall–Kier alpha value is -1.23. The number of likely N-dealkylation sites (tertiary alicyclic amines) is 1. The normalized spacial score (nSPS) is 24.6. The highest BCUT2D eigenvalue weighted by atomic mass is 16.6. The highest BCUT2D eigenvalue weighted by molar-refractivity contribution is 5.68. The highest BCUT2D eigenvalue weighted by Crippen LogP contribution is 2.18. The molecular weight excluding hydrogens is 222 g/mol. The van der Waals surface area contributed by atoms with Crippen LogP contribution in [0, 0.1) is 0 Å². The lowest BCUT2D eigenvalue weighted by atomic mass is 10.1. The zero-order valence-electron chi connectivity index (χ0n) is 10.6. The van der Waals surface area contributed by atoms with Crippen LogP contribution in [-0.4, -0.2) is 46.0 Å². The van der Waals surface area contributed by atoms with Gasteiger partial charge in [0.25, 0.3) is 0 Å². The van der Waals surface area contributed by atoms with Crippen LogP contribution in [0.25, 0.3) is 0 Å². The minimum Gasteiger partial charge on any atom is -0.516 e. The van der Waals surface area contributed by atoms with Gasteiger partial charge in [0.1, 0.15) is 5.60 Å². The van der Waals surface area contributed by atoms with Gasteiger partial charge < -0.3 is 19.8 Å². The van der Waals surface area contributed by atoms with E-state index in [2.05, 4.69) is 0 Å². The van der Waals surface area contributed by atoms with E-state index in [1.54, 1.807) is 4.90 Å². The Balaban J connectivity index is 2.60. The quantitative estimate of drug-likeness (QED) is 0.637. The molecule has 1 heterocycles. The zero-order valence-corrected chi connectivity index (χ0v) is 10.6. The van der Waals surface area contributed by atoms with Gasteiger partial charge in [0.05, 0.1) is 12.4 Å². The lowest BCUT2D eigenvalue weighted by Crippen LogP contribution is -2.37. The van der Waals surface area contributed by atoms with E-state index in [9.17, 15) is 9.90 Å². The maximum Gasteiger partial charge on any atom is 0.410 e. The van der Waals surface area contributed by atoms with Crippen LogP contribution in [0.1, 0.15) is 33.6 Å². The molecule has 5 nitrogen and oxygen atoms in total. The van der Waals surface area contributed by atoms with Gasteiger partial charge >= 0.3 is 6.09 Å². The van der Waals surface area contributed by atoms with Gasteiger partial charge in [-0.3, -0.25) is 0 Å². The number of aliphatic hydroxyl groups is 2. The number of amides is 1. The van der Waals surface area contributed by atoms with Crippen LogP contribution in [0.5, 0.6) is 0 Å². The van der Waals surface area contributed by atoms with Gasteiger partial charge in [0.2, 0.25) is 0 Å². The maximum atomic E-state index is 11.8. The van der Waals surface area contributed by atoms with Gasteiger partial charge in [0.15, 0.2) is 0 Å². The predicted molar refractivity (Wildman–Crippen MR) is 63.8 cm³/mol. The number of ether oxygens (including phenoxy) is 1. The van der Waals surface area contributed by atoms with Crippen molar-refractivity contribution in [2.45, 2.75) is 45.3 Å². The standard InChI is InChI=1S/C12H21NO4/c1-12(2,3)17-11(16)13-6-4-9(8-14)10(15)5-7-13/h8,10,14-15H,4-7H2,1-3H3/b9-8+/t10-/m0/s1. The van der Waals surface area contributed by atoms with E-state index in [-0.39, 0.29) is 6.09 Å². The monoisotopic (exact) mass is 243 g/mol. The Morgan fingerprint density at radius 1 is 1.47 bits per heavy atom. The third-order valence-electron chi connectivity index (χ3n) is 2.59. The van der Waals surface area contributed by atoms with Crippen LogP contribution in [0.15, 0.2) is 11.8 Å². The molecule has 0 aliphatic carbocycles. The molecule has 17 heavy (non-hydrogen) atoms. The van der Waals surface area contributed by atoms with Gasteiger partial charge in [-0.15, -0.1) is 0 Å². The third-order valence-corrected chi connectivity index (χ3v) is 2.59. The van der Waals surface area contributed by atoms with Gasteiger partial charge in [-0.1, -0.05) is 0 Å². The molecule has 0 unspecified atom stereocenters. The Kier molecular flexibility index (Phi) is 4.40. The third kappa shape index (κ3) is 4.26. The Labute approximate surface area is 102 Å². The van der Waals surface area contributed by atoms with E-state index < -0.39 is 11.7 Å². The molecule has 0 bridgehead atoms. The molecule has 0 radical (unpaired) electrons. The van der Waals surface area contributed by atoms with E-state index in [0.29, 0.717) is 31.5 Å². The van der Waals surface area contributed by atoms with Crippen molar-refractivity contribution in [2.24, 2.45) is 0 Å². The van der Waals surface area contributed by atoms with E-state index in [1.165, 1.54) is 0 Å². The van der Waals surface area contributed by atoms with E-state index in [0.717, 1.165) is 6.26 Å². The molecule has 0 aromatic carbocycles. The molecular formula is C12H21NO4. The van der Waals surface area contributed by atoms with Crippen molar-refractivity contribution in [1.29, 1.82) is 0 Å². The Morgan fingerprint density at radius 2 is 2.12 bits per heavy atom. The number of hydrogen-bond acceptors (Lipinski definition) is 4. The van der Waals surface area contributed by atoms with E-state index in [1.807, 2.05) is 20.8 Å². The number of rotatable bonds is 0. The number of carbonyl (C=O) groups excluding carboxylic acids is 1. The predicted octanol–water partition coefficient (Wildman–Crippen LogP) is 1.82. The summed E-state index contributed by atoms with van der Waals surface area (Å²) in [5, 5.41) is 18.6. The maximum absolute atomic E-state index is 11.8. The van der Waals surface area contributed by atoms with Crippen molar-refractivity contribution in [3.63, 3.8) is 0 Å². The van der Waals surface area contributed by atoms with Crippen molar-refractivity contribution in [3.8, 4) is 0 Å². The second-order valence-corrected chi connectivity index (χ2v) is 5.23. The fraction of sp³-hybridized carbons (Fsp3) is 0.750. The van der Waals surface area contributed by atoms with Crippen molar-refractivity contribution in [1.82, 2.24) is 4.90 Å². The molecule has 1 fully saturated rings. The van der Waals surface area contributed by atoms with Crippen molar-refractivity contribution in [2.75, 3.05) is 13.1 Å². The first-order valence-electron chi connectivity index (χ1n) is 5.82.